The largest absolute Gasteiger partial charge is 0.353 e. The molecule has 1 atom stereocenters. The lowest BCUT2D eigenvalue weighted by Gasteiger charge is -2.36. The highest BCUT2D eigenvalue weighted by Crippen LogP contribution is 2.31. The van der Waals surface area contributed by atoms with Crippen molar-refractivity contribution in [1.29, 1.82) is 0 Å². The number of nitrogens with one attached hydrogen (secondary N) is 1. The highest BCUT2D eigenvalue weighted by Gasteiger charge is 2.29. The van der Waals surface area contributed by atoms with Crippen molar-refractivity contribution in [3.8, 4) is 0 Å². The van der Waals surface area contributed by atoms with Gasteiger partial charge in [0, 0.05) is 38.4 Å². The van der Waals surface area contributed by atoms with Gasteiger partial charge in [-0.05, 0) is 62.4 Å². The first-order valence-corrected chi connectivity index (χ1v) is 11.3. The molecular formula is C21H29N3O3S. The molecular weight excluding hydrogens is 374 g/mol. The summed E-state index contributed by atoms with van der Waals surface area (Å²) in [6, 6.07) is 9.46. The summed E-state index contributed by atoms with van der Waals surface area (Å²) in [5.74, 6) is -0.00503. The number of hydrogen-bond acceptors (Lipinski definition) is 3. The van der Waals surface area contributed by atoms with Gasteiger partial charge in [0.25, 0.3) is 0 Å². The zero-order valence-electron chi connectivity index (χ0n) is 16.8. The van der Waals surface area contributed by atoms with E-state index in [0.29, 0.717) is 5.56 Å². The van der Waals surface area contributed by atoms with Crippen molar-refractivity contribution in [1.82, 2.24) is 14.2 Å². The topological polar surface area (TPSA) is 71.4 Å². The molecule has 7 heteroatoms. The molecule has 1 aliphatic heterocycles. The molecule has 1 saturated heterocycles. The fraction of sp³-hybridized carbons (Fsp3) is 0.476. The van der Waals surface area contributed by atoms with Crippen LogP contribution in [0.4, 0.5) is 0 Å². The molecule has 3 rings (SSSR count). The van der Waals surface area contributed by atoms with Gasteiger partial charge < -0.3 is 9.47 Å². The quantitative estimate of drug-likeness (QED) is 0.806. The molecule has 1 N–H and O–H groups in total. The molecule has 1 fully saturated rings. The van der Waals surface area contributed by atoms with Gasteiger partial charge in [0.1, 0.15) is 0 Å². The smallest absolute Gasteiger partial charge is 0.240 e. The summed E-state index contributed by atoms with van der Waals surface area (Å²) in [5.41, 5.74) is 2.72. The maximum Gasteiger partial charge on any atom is 0.240 e. The maximum absolute atomic E-state index is 12.8. The van der Waals surface area contributed by atoms with E-state index >= 15 is 0 Å². The zero-order valence-corrected chi connectivity index (χ0v) is 17.6. The fourth-order valence-electron chi connectivity index (χ4n) is 3.87. The molecule has 152 valence electrons. The van der Waals surface area contributed by atoms with Crippen LogP contribution in [0.2, 0.25) is 0 Å². The molecule has 1 aromatic carbocycles. The number of carbonyl (C=O) groups excluding carboxylic acids is 1. The minimum absolute atomic E-state index is 0.00503. The van der Waals surface area contributed by atoms with Crippen molar-refractivity contribution in [3.05, 3.63) is 53.3 Å². The summed E-state index contributed by atoms with van der Waals surface area (Å²) in [5, 5.41) is 0. The van der Waals surface area contributed by atoms with E-state index in [0.717, 1.165) is 37.1 Å². The SMILES string of the molecule is Cc1ccc(C)c(S(=O)(=O)NCCC(=O)N2CCCCC2c2cccn2C)c1. The lowest BCUT2D eigenvalue weighted by atomic mass is 9.99. The van der Waals surface area contributed by atoms with Crippen LogP contribution >= 0.6 is 0 Å². The zero-order chi connectivity index (χ0) is 20.3. The summed E-state index contributed by atoms with van der Waals surface area (Å²) in [6.45, 7) is 4.46. The van der Waals surface area contributed by atoms with Crippen molar-refractivity contribution in [2.45, 2.75) is 50.5 Å². The number of sulfonamides is 1. The van der Waals surface area contributed by atoms with Gasteiger partial charge in [-0.3, -0.25) is 4.79 Å². The number of carbonyl (C=O) groups is 1. The van der Waals surface area contributed by atoms with Crippen LogP contribution in [0.15, 0.2) is 41.4 Å². The molecule has 0 aliphatic carbocycles. The second-order valence-electron chi connectivity index (χ2n) is 7.56. The number of hydrogen-bond donors (Lipinski definition) is 1. The van der Waals surface area contributed by atoms with E-state index in [4.69, 9.17) is 0 Å². The Balaban J connectivity index is 1.64. The fourth-order valence-corrected chi connectivity index (χ4v) is 5.23. The van der Waals surface area contributed by atoms with E-state index in [1.54, 1.807) is 19.1 Å². The van der Waals surface area contributed by atoms with Gasteiger partial charge in [-0.2, -0.15) is 0 Å². The minimum atomic E-state index is -3.63. The third kappa shape index (κ3) is 4.47. The van der Waals surface area contributed by atoms with Gasteiger partial charge in [-0.25, -0.2) is 13.1 Å². The number of piperidine rings is 1. The minimum Gasteiger partial charge on any atom is -0.353 e. The third-order valence-electron chi connectivity index (χ3n) is 5.41. The van der Waals surface area contributed by atoms with E-state index < -0.39 is 10.0 Å². The van der Waals surface area contributed by atoms with Gasteiger partial charge >= 0.3 is 0 Å². The summed E-state index contributed by atoms with van der Waals surface area (Å²) >= 11 is 0. The van der Waals surface area contributed by atoms with Crippen LogP contribution in [-0.4, -0.2) is 36.9 Å². The first-order valence-electron chi connectivity index (χ1n) is 9.77. The third-order valence-corrected chi connectivity index (χ3v) is 7.02. The summed E-state index contributed by atoms with van der Waals surface area (Å²) in [4.78, 5) is 15.0. The normalized spacial score (nSPS) is 17.7. The second kappa shape index (κ2) is 8.49. The van der Waals surface area contributed by atoms with E-state index in [1.165, 1.54) is 0 Å². The first-order chi connectivity index (χ1) is 13.3. The Bertz CT molecular complexity index is 950. The van der Waals surface area contributed by atoms with Crippen LogP contribution in [0.3, 0.4) is 0 Å². The van der Waals surface area contributed by atoms with Gasteiger partial charge in [0.15, 0.2) is 0 Å². The molecule has 0 spiro atoms. The standard InChI is InChI=1S/C21H29N3O3S/c1-16-9-10-17(2)20(15-16)28(26,27)22-12-11-21(25)24-14-5-4-7-19(24)18-8-6-13-23(18)3/h6,8-10,13,15,19,22H,4-5,7,11-12,14H2,1-3H3. The Morgan fingerprint density at radius 2 is 2.00 bits per heavy atom. The van der Waals surface area contributed by atoms with Crippen LogP contribution in [0.1, 0.15) is 48.5 Å². The van der Waals surface area contributed by atoms with Crippen molar-refractivity contribution in [2.75, 3.05) is 13.1 Å². The molecule has 1 aromatic heterocycles. The first kappa shape index (κ1) is 20.6. The number of nitrogens with zero attached hydrogens (tertiary/aromatic N) is 2. The van der Waals surface area contributed by atoms with Gasteiger partial charge in [-0.1, -0.05) is 12.1 Å². The molecule has 1 unspecified atom stereocenters. The Morgan fingerprint density at radius 1 is 1.21 bits per heavy atom. The van der Waals surface area contributed by atoms with Gasteiger partial charge in [-0.15, -0.1) is 0 Å². The van der Waals surface area contributed by atoms with Crippen molar-refractivity contribution in [2.24, 2.45) is 7.05 Å². The van der Waals surface area contributed by atoms with E-state index in [1.807, 2.05) is 37.2 Å². The van der Waals surface area contributed by atoms with E-state index in [2.05, 4.69) is 15.4 Å². The number of benzene rings is 1. The van der Waals surface area contributed by atoms with E-state index in [9.17, 15) is 13.2 Å². The summed E-state index contributed by atoms with van der Waals surface area (Å²) < 4.78 is 29.9. The number of likely N-dealkylation sites (tertiary alicyclic amines) is 1. The Labute approximate surface area is 167 Å². The van der Waals surface area contributed by atoms with Crippen LogP contribution in [0.25, 0.3) is 0 Å². The van der Waals surface area contributed by atoms with Crippen LogP contribution in [-0.2, 0) is 21.9 Å². The van der Waals surface area contributed by atoms with Crippen molar-refractivity contribution in [3.63, 3.8) is 0 Å². The highest BCUT2D eigenvalue weighted by atomic mass is 32.2. The molecule has 6 nitrogen and oxygen atoms in total. The predicted octanol–water partition coefficient (Wildman–Crippen LogP) is 3.06. The van der Waals surface area contributed by atoms with Crippen molar-refractivity contribution < 1.29 is 13.2 Å². The predicted molar refractivity (Wildman–Crippen MR) is 109 cm³/mol. The second-order valence-corrected chi connectivity index (χ2v) is 9.29. The maximum atomic E-state index is 12.8. The summed E-state index contributed by atoms with van der Waals surface area (Å²) in [7, 11) is -1.64. The Morgan fingerprint density at radius 3 is 2.71 bits per heavy atom. The van der Waals surface area contributed by atoms with Crippen LogP contribution < -0.4 is 4.72 Å². The molecule has 2 aromatic rings. The highest BCUT2D eigenvalue weighted by molar-refractivity contribution is 7.89. The summed E-state index contributed by atoms with van der Waals surface area (Å²) in [6.07, 6.45) is 5.17. The average Bonchev–Trinajstić information content (AvgIpc) is 3.09. The molecule has 0 saturated carbocycles. The molecule has 1 aliphatic rings. The number of aromatic nitrogens is 1. The van der Waals surface area contributed by atoms with Gasteiger partial charge in [0.2, 0.25) is 15.9 Å². The van der Waals surface area contributed by atoms with Gasteiger partial charge in [0.05, 0.1) is 10.9 Å². The number of aryl methyl sites for hydroxylation is 3. The molecule has 0 radical (unpaired) electrons. The lowest BCUT2D eigenvalue weighted by Crippen LogP contribution is -2.40. The monoisotopic (exact) mass is 403 g/mol. The molecule has 28 heavy (non-hydrogen) atoms. The lowest BCUT2D eigenvalue weighted by molar-refractivity contribution is -0.135. The molecule has 2 heterocycles. The van der Waals surface area contributed by atoms with E-state index in [-0.39, 0.29) is 29.8 Å². The average molecular weight is 404 g/mol. The number of rotatable bonds is 6. The molecule has 0 bridgehead atoms. The molecule has 1 amide bonds. The Kier molecular flexibility index (Phi) is 6.25. The Hall–Kier alpha value is -2.12. The van der Waals surface area contributed by atoms with Crippen molar-refractivity contribution >= 4 is 15.9 Å². The van der Waals surface area contributed by atoms with Crippen LogP contribution in [0, 0.1) is 13.8 Å². The number of amides is 1. The van der Waals surface area contributed by atoms with Crippen LogP contribution in [0.5, 0.6) is 0 Å².